The van der Waals surface area contributed by atoms with Crippen LogP contribution in [-0.2, 0) is 16.0 Å². The molecule has 1 aromatic carbocycles. The molecule has 1 aliphatic heterocycles. The molecule has 0 atom stereocenters. The van der Waals surface area contributed by atoms with Gasteiger partial charge in [-0.25, -0.2) is 0 Å². The lowest BCUT2D eigenvalue weighted by Crippen LogP contribution is -2.37. The van der Waals surface area contributed by atoms with Crippen molar-refractivity contribution in [2.45, 2.75) is 12.8 Å². The molecule has 1 fully saturated rings. The van der Waals surface area contributed by atoms with E-state index in [0.29, 0.717) is 17.7 Å². The summed E-state index contributed by atoms with van der Waals surface area (Å²) in [6.45, 7) is 0.401. The molecule has 0 saturated carbocycles. The predicted octanol–water partition coefficient (Wildman–Crippen LogP) is 2.87. The zero-order valence-electron chi connectivity index (χ0n) is 14.6. The van der Waals surface area contributed by atoms with Crippen LogP contribution in [0.4, 0.5) is 4.79 Å². The molecule has 1 N–H and O–H groups in total. The molecule has 3 amide bonds. The van der Waals surface area contributed by atoms with E-state index in [0.717, 1.165) is 27.8 Å². The number of carbonyl (C=O) groups excluding carboxylic acids is 3. The van der Waals surface area contributed by atoms with Crippen molar-refractivity contribution in [3.05, 3.63) is 70.9 Å². The summed E-state index contributed by atoms with van der Waals surface area (Å²) >= 11 is 0.901. The average molecular weight is 381 g/mol. The first kappa shape index (κ1) is 18.8. The maximum atomic E-state index is 12.4. The van der Waals surface area contributed by atoms with Crippen molar-refractivity contribution in [2.24, 2.45) is 0 Å². The molecule has 7 heteroatoms. The second-order valence-electron chi connectivity index (χ2n) is 5.96. The molecule has 1 aliphatic rings. The molecule has 0 bridgehead atoms. The number of aromatic nitrogens is 1. The normalized spacial score (nSPS) is 15.4. The van der Waals surface area contributed by atoms with E-state index in [1.165, 1.54) is 0 Å². The van der Waals surface area contributed by atoms with Gasteiger partial charge < -0.3 is 5.32 Å². The Kier molecular flexibility index (Phi) is 6.38. The minimum absolute atomic E-state index is 0.100. The van der Waals surface area contributed by atoms with Gasteiger partial charge in [0.2, 0.25) is 5.91 Å². The highest BCUT2D eigenvalue weighted by Crippen LogP contribution is 2.31. The number of aryl methyl sites for hydroxylation is 1. The number of nitrogens with one attached hydrogen (secondary N) is 1. The SMILES string of the molecule is O=C(CCc1ccccc1)NCCN1C(=O)S/C(=C/c2cccnc2)C1=O. The van der Waals surface area contributed by atoms with E-state index < -0.39 is 0 Å². The molecule has 1 saturated heterocycles. The molecule has 138 valence electrons. The summed E-state index contributed by atoms with van der Waals surface area (Å²) in [5.41, 5.74) is 1.86. The lowest BCUT2D eigenvalue weighted by Gasteiger charge is -2.13. The first-order valence-corrected chi connectivity index (χ1v) is 9.41. The monoisotopic (exact) mass is 381 g/mol. The van der Waals surface area contributed by atoms with Gasteiger partial charge in [0.25, 0.3) is 11.1 Å². The van der Waals surface area contributed by atoms with Crippen LogP contribution in [0.2, 0.25) is 0 Å². The Balaban J connectivity index is 1.46. The summed E-state index contributed by atoms with van der Waals surface area (Å²) in [6.07, 6.45) is 5.94. The third-order valence-electron chi connectivity index (χ3n) is 4.00. The first-order valence-electron chi connectivity index (χ1n) is 8.59. The zero-order valence-corrected chi connectivity index (χ0v) is 15.4. The van der Waals surface area contributed by atoms with Gasteiger partial charge in [0.1, 0.15) is 0 Å². The van der Waals surface area contributed by atoms with E-state index in [9.17, 15) is 14.4 Å². The fourth-order valence-electron chi connectivity index (χ4n) is 2.60. The number of hydrogen-bond acceptors (Lipinski definition) is 5. The lowest BCUT2D eigenvalue weighted by atomic mass is 10.1. The molecule has 0 unspecified atom stereocenters. The van der Waals surface area contributed by atoms with Crippen LogP contribution in [0.15, 0.2) is 59.8 Å². The van der Waals surface area contributed by atoms with E-state index in [-0.39, 0.29) is 30.1 Å². The van der Waals surface area contributed by atoms with Crippen LogP contribution in [0.1, 0.15) is 17.5 Å². The van der Waals surface area contributed by atoms with E-state index in [1.54, 1.807) is 24.5 Å². The van der Waals surface area contributed by atoms with Gasteiger partial charge in [-0.1, -0.05) is 36.4 Å². The Morgan fingerprint density at radius 3 is 2.70 bits per heavy atom. The molecule has 1 aromatic heterocycles. The van der Waals surface area contributed by atoms with Crippen molar-refractivity contribution in [1.29, 1.82) is 0 Å². The van der Waals surface area contributed by atoms with E-state index in [2.05, 4.69) is 10.3 Å². The van der Waals surface area contributed by atoms with Crippen molar-refractivity contribution in [2.75, 3.05) is 13.1 Å². The van der Waals surface area contributed by atoms with Crippen LogP contribution in [0.3, 0.4) is 0 Å². The van der Waals surface area contributed by atoms with E-state index in [1.807, 2.05) is 36.4 Å². The number of pyridine rings is 1. The standard InChI is InChI=1S/C20H19N3O3S/c24-18(9-8-15-5-2-1-3-6-15)22-11-12-23-19(25)17(27-20(23)26)13-16-7-4-10-21-14-16/h1-7,10,13-14H,8-9,11-12H2,(H,22,24)/b17-13+. The fraction of sp³-hybridized carbons (Fsp3) is 0.200. The Labute approximate surface area is 161 Å². The highest BCUT2D eigenvalue weighted by atomic mass is 32.2. The summed E-state index contributed by atoms with van der Waals surface area (Å²) in [5, 5.41) is 2.44. The first-order chi connectivity index (χ1) is 13.1. The maximum Gasteiger partial charge on any atom is 0.293 e. The molecule has 2 heterocycles. The third kappa shape index (κ3) is 5.27. The number of amides is 3. The zero-order chi connectivity index (χ0) is 19.1. The molecular weight excluding hydrogens is 362 g/mol. The fourth-order valence-corrected chi connectivity index (χ4v) is 3.47. The van der Waals surface area contributed by atoms with Crippen LogP contribution in [-0.4, -0.2) is 40.0 Å². The lowest BCUT2D eigenvalue weighted by molar-refractivity contribution is -0.124. The van der Waals surface area contributed by atoms with Crippen LogP contribution < -0.4 is 5.32 Å². The number of nitrogens with zero attached hydrogens (tertiary/aromatic N) is 2. The number of thioether (sulfide) groups is 1. The molecule has 6 nitrogen and oxygen atoms in total. The van der Waals surface area contributed by atoms with Crippen molar-refractivity contribution >= 4 is 34.9 Å². The van der Waals surface area contributed by atoms with Crippen LogP contribution in [0.5, 0.6) is 0 Å². The van der Waals surface area contributed by atoms with Crippen molar-refractivity contribution < 1.29 is 14.4 Å². The smallest absolute Gasteiger partial charge is 0.293 e. The Hall–Kier alpha value is -2.93. The second kappa shape index (κ2) is 9.14. The van der Waals surface area contributed by atoms with Crippen LogP contribution in [0.25, 0.3) is 6.08 Å². The van der Waals surface area contributed by atoms with Gasteiger partial charge in [-0.2, -0.15) is 0 Å². The molecule has 0 spiro atoms. The average Bonchev–Trinajstić information content (AvgIpc) is 2.95. The summed E-state index contributed by atoms with van der Waals surface area (Å²) in [5.74, 6) is -0.441. The van der Waals surface area contributed by atoms with E-state index >= 15 is 0 Å². The second-order valence-corrected chi connectivity index (χ2v) is 6.95. The summed E-state index contributed by atoms with van der Waals surface area (Å²) in [7, 11) is 0. The highest BCUT2D eigenvalue weighted by Gasteiger charge is 2.34. The molecule has 2 aromatic rings. The van der Waals surface area contributed by atoms with Gasteiger partial charge in [0.05, 0.1) is 4.91 Å². The molecule has 0 radical (unpaired) electrons. The van der Waals surface area contributed by atoms with Crippen LogP contribution >= 0.6 is 11.8 Å². The van der Waals surface area contributed by atoms with Crippen LogP contribution in [0, 0.1) is 0 Å². The van der Waals surface area contributed by atoms with Crippen molar-refractivity contribution in [3.63, 3.8) is 0 Å². The molecule has 27 heavy (non-hydrogen) atoms. The maximum absolute atomic E-state index is 12.4. The Morgan fingerprint density at radius 2 is 1.96 bits per heavy atom. The largest absolute Gasteiger partial charge is 0.354 e. The van der Waals surface area contributed by atoms with Gasteiger partial charge >= 0.3 is 0 Å². The van der Waals surface area contributed by atoms with Gasteiger partial charge in [0, 0.05) is 31.9 Å². The summed E-state index contributed by atoms with van der Waals surface area (Å²) in [6, 6.07) is 13.3. The van der Waals surface area contributed by atoms with Gasteiger partial charge in [-0.15, -0.1) is 0 Å². The number of hydrogen-bond donors (Lipinski definition) is 1. The van der Waals surface area contributed by atoms with Crippen molar-refractivity contribution in [1.82, 2.24) is 15.2 Å². The summed E-state index contributed by atoms with van der Waals surface area (Å²) < 4.78 is 0. The Morgan fingerprint density at radius 1 is 1.15 bits per heavy atom. The number of benzene rings is 1. The highest BCUT2D eigenvalue weighted by molar-refractivity contribution is 8.18. The number of imide groups is 1. The number of rotatable bonds is 7. The molecule has 3 rings (SSSR count). The molecular formula is C20H19N3O3S. The predicted molar refractivity (Wildman–Crippen MR) is 105 cm³/mol. The topological polar surface area (TPSA) is 79.4 Å². The van der Waals surface area contributed by atoms with E-state index in [4.69, 9.17) is 0 Å². The number of carbonyl (C=O) groups is 3. The minimum Gasteiger partial charge on any atom is -0.354 e. The Bertz CT molecular complexity index is 853. The quantitative estimate of drug-likeness (QED) is 0.746. The summed E-state index contributed by atoms with van der Waals surface area (Å²) in [4.78, 5) is 41.9. The molecule has 0 aliphatic carbocycles. The van der Waals surface area contributed by atoms with Gasteiger partial charge in [-0.3, -0.25) is 24.3 Å². The minimum atomic E-state index is -0.340. The van der Waals surface area contributed by atoms with Gasteiger partial charge in [-0.05, 0) is 41.5 Å². The third-order valence-corrected chi connectivity index (χ3v) is 4.90. The van der Waals surface area contributed by atoms with Gasteiger partial charge in [0.15, 0.2) is 0 Å². The van der Waals surface area contributed by atoms with Crippen molar-refractivity contribution in [3.8, 4) is 0 Å².